The first-order valence-corrected chi connectivity index (χ1v) is 11.2. The SMILES string of the molecule is CC[C@H](NC(=O)CO)c1cccc(N2CC3=CN(C(=O)c4c(C)cccc4C)CC3C2)c1. The molecule has 1 fully saturated rings. The van der Waals surface area contributed by atoms with Gasteiger partial charge in [0.2, 0.25) is 5.91 Å². The van der Waals surface area contributed by atoms with Gasteiger partial charge in [-0.2, -0.15) is 0 Å². The van der Waals surface area contributed by atoms with Crippen LogP contribution in [0.15, 0.2) is 54.2 Å². The van der Waals surface area contributed by atoms with Crippen LogP contribution in [0.4, 0.5) is 5.69 Å². The predicted molar refractivity (Wildman–Crippen MR) is 125 cm³/mol. The van der Waals surface area contributed by atoms with Gasteiger partial charge in [0.05, 0.1) is 6.04 Å². The van der Waals surface area contributed by atoms with Gasteiger partial charge < -0.3 is 20.2 Å². The zero-order valence-electron chi connectivity index (χ0n) is 19.0. The minimum absolute atomic E-state index is 0.0847. The monoisotopic (exact) mass is 433 g/mol. The van der Waals surface area contributed by atoms with Gasteiger partial charge >= 0.3 is 0 Å². The Labute approximate surface area is 189 Å². The number of amides is 2. The van der Waals surface area contributed by atoms with Crippen molar-refractivity contribution in [2.45, 2.75) is 33.2 Å². The Bertz CT molecular complexity index is 1040. The summed E-state index contributed by atoms with van der Waals surface area (Å²) in [7, 11) is 0. The zero-order chi connectivity index (χ0) is 22.8. The molecule has 6 nitrogen and oxygen atoms in total. The summed E-state index contributed by atoms with van der Waals surface area (Å²) in [4.78, 5) is 29.0. The molecule has 0 spiro atoms. The zero-order valence-corrected chi connectivity index (χ0v) is 19.0. The van der Waals surface area contributed by atoms with Crippen LogP contribution in [0.2, 0.25) is 0 Å². The summed E-state index contributed by atoms with van der Waals surface area (Å²) in [5, 5.41) is 11.9. The number of hydrogen-bond donors (Lipinski definition) is 2. The van der Waals surface area contributed by atoms with E-state index in [0.29, 0.717) is 12.5 Å². The Balaban J connectivity index is 1.48. The molecular weight excluding hydrogens is 402 g/mol. The van der Waals surface area contributed by atoms with Crippen LogP contribution in [0.3, 0.4) is 0 Å². The Hall–Kier alpha value is -3.12. The van der Waals surface area contributed by atoms with Gasteiger partial charge in [-0.1, -0.05) is 37.3 Å². The van der Waals surface area contributed by atoms with Crippen LogP contribution >= 0.6 is 0 Å². The van der Waals surface area contributed by atoms with E-state index in [2.05, 4.69) is 22.3 Å². The fraction of sp³-hybridized carbons (Fsp3) is 0.385. The number of rotatable bonds is 6. The van der Waals surface area contributed by atoms with Gasteiger partial charge in [-0.25, -0.2) is 0 Å². The van der Waals surface area contributed by atoms with Gasteiger partial charge in [-0.05, 0) is 54.7 Å². The summed E-state index contributed by atoms with van der Waals surface area (Å²) in [5.74, 6) is 0.0567. The molecule has 2 atom stereocenters. The molecule has 2 aliphatic rings. The maximum Gasteiger partial charge on any atom is 0.258 e. The normalized spacial score (nSPS) is 18.4. The summed E-state index contributed by atoms with van der Waals surface area (Å²) in [5.41, 5.74) is 6.28. The van der Waals surface area contributed by atoms with Crippen molar-refractivity contribution in [3.8, 4) is 0 Å². The van der Waals surface area contributed by atoms with Gasteiger partial charge in [-0.3, -0.25) is 9.59 Å². The molecule has 168 valence electrons. The fourth-order valence-electron chi connectivity index (χ4n) is 4.84. The standard InChI is InChI=1S/C26H31N3O3/c1-4-23(27-24(31)16-30)19-9-6-10-22(11-19)28-12-20-14-29(15-21(20)13-28)26(32)25-17(2)7-5-8-18(25)3/h5-11,14,21,23,30H,4,12-13,15-16H2,1-3H3,(H,27,31)/t21?,23-/m0/s1. The number of nitrogens with zero attached hydrogens (tertiary/aromatic N) is 2. The minimum atomic E-state index is -0.505. The van der Waals surface area contributed by atoms with Crippen LogP contribution in [-0.2, 0) is 4.79 Å². The number of nitrogens with one attached hydrogen (secondary N) is 1. The quantitative estimate of drug-likeness (QED) is 0.733. The van der Waals surface area contributed by atoms with Crippen LogP contribution in [-0.4, -0.2) is 48.1 Å². The molecule has 32 heavy (non-hydrogen) atoms. The fourth-order valence-corrected chi connectivity index (χ4v) is 4.84. The summed E-state index contributed by atoms with van der Waals surface area (Å²) < 4.78 is 0. The van der Waals surface area contributed by atoms with Crippen molar-refractivity contribution in [3.63, 3.8) is 0 Å². The van der Waals surface area contributed by atoms with Gasteiger partial charge in [0.15, 0.2) is 0 Å². The molecule has 0 aromatic heterocycles. The third-order valence-electron chi connectivity index (χ3n) is 6.56. The first kappa shape index (κ1) is 22.1. The first-order valence-electron chi connectivity index (χ1n) is 11.2. The summed E-state index contributed by atoms with van der Waals surface area (Å²) in [6.45, 7) is 7.87. The van der Waals surface area contributed by atoms with E-state index in [0.717, 1.165) is 47.5 Å². The maximum absolute atomic E-state index is 13.2. The van der Waals surface area contributed by atoms with Crippen molar-refractivity contribution in [1.82, 2.24) is 10.2 Å². The van der Waals surface area contributed by atoms with E-state index in [4.69, 9.17) is 5.11 Å². The number of aryl methyl sites for hydroxylation is 2. The molecule has 4 rings (SSSR count). The third-order valence-corrected chi connectivity index (χ3v) is 6.56. The molecule has 0 radical (unpaired) electrons. The van der Waals surface area contributed by atoms with Crippen molar-refractivity contribution in [3.05, 3.63) is 76.5 Å². The molecule has 1 unspecified atom stereocenters. The minimum Gasteiger partial charge on any atom is -0.387 e. The Morgan fingerprint density at radius 3 is 2.50 bits per heavy atom. The predicted octanol–water partition coefficient (Wildman–Crippen LogP) is 3.34. The topological polar surface area (TPSA) is 72.9 Å². The summed E-state index contributed by atoms with van der Waals surface area (Å²) >= 11 is 0. The number of fused-ring (bicyclic) bond motifs is 1. The summed E-state index contributed by atoms with van der Waals surface area (Å²) in [6, 6.07) is 14.1. The van der Waals surface area contributed by atoms with Gasteiger partial charge in [0.1, 0.15) is 6.61 Å². The number of anilines is 1. The van der Waals surface area contributed by atoms with Gasteiger partial charge in [0, 0.05) is 43.0 Å². The number of aliphatic hydroxyl groups excluding tert-OH is 1. The van der Waals surface area contributed by atoms with Crippen molar-refractivity contribution in [2.24, 2.45) is 5.92 Å². The highest BCUT2D eigenvalue weighted by atomic mass is 16.3. The number of benzene rings is 2. The Kier molecular flexibility index (Phi) is 6.33. The number of aliphatic hydroxyl groups is 1. The molecule has 2 heterocycles. The lowest BCUT2D eigenvalue weighted by Gasteiger charge is -2.24. The van der Waals surface area contributed by atoms with E-state index in [1.54, 1.807) is 0 Å². The molecular formula is C26H31N3O3. The molecule has 6 heteroatoms. The lowest BCUT2D eigenvalue weighted by Crippen LogP contribution is -2.31. The van der Waals surface area contributed by atoms with Crippen molar-refractivity contribution in [2.75, 3.05) is 31.1 Å². The number of hydrogen-bond acceptors (Lipinski definition) is 4. The van der Waals surface area contributed by atoms with Gasteiger partial charge in [0.25, 0.3) is 5.91 Å². The van der Waals surface area contributed by atoms with E-state index < -0.39 is 6.61 Å². The van der Waals surface area contributed by atoms with E-state index in [1.165, 1.54) is 5.57 Å². The Morgan fingerprint density at radius 2 is 1.84 bits per heavy atom. The number of carbonyl (C=O) groups excluding carboxylic acids is 2. The molecule has 0 bridgehead atoms. The Morgan fingerprint density at radius 1 is 1.12 bits per heavy atom. The van der Waals surface area contributed by atoms with Crippen molar-refractivity contribution in [1.29, 1.82) is 0 Å². The van der Waals surface area contributed by atoms with Crippen LogP contribution in [0.5, 0.6) is 0 Å². The molecule has 0 saturated carbocycles. The molecule has 2 aromatic carbocycles. The average Bonchev–Trinajstić information content (AvgIpc) is 3.37. The van der Waals surface area contributed by atoms with Crippen LogP contribution < -0.4 is 10.2 Å². The third kappa shape index (κ3) is 4.28. The lowest BCUT2D eigenvalue weighted by atomic mass is 10.0. The highest BCUT2D eigenvalue weighted by Crippen LogP contribution is 2.35. The largest absolute Gasteiger partial charge is 0.387 e. The first-order chi connectivity index (χ1) is 15.4. The average molecular weight is 434 g/mol. The molecule has 2 N–H and O–H groups in total. The second-order valence-corrected chi connectivity index (χ2v) is 8.79. The summed E-state index contributed by atoms with van der Waals surface area (Å²) in [6.07, 6.45) is 2.79. The highest BCUT2D eigenvalue weighted by molar-refractivity contribution is 5.98. The lowest BCUT2D eigenvalue weighted by molar-refractivity contribution is -0.124. The number of carbonyl (C=O) groups is 2. The van der Waals surface area contributed by atoms with Crippen molar-refractivity contribution < 1.29 is 14.7 Å². The molecule has 2 aromatic rings. The van der Waals surface area contributed by atoms with E-state index in [1.807, 2.05) is 62.2 Å². The second-order valence-electron chi connectivity index (χ2n) is 8.79. The molecule has 0 aliphatic carbocycles. The van der Waals surface area contributed by atoms with Crippen molar-refractivity contribution >= 4 is 17.5 Å². The second kappa shape index (κ2) is 9.17. The maximum atomic E-state index is 13.2. The van der Waals surface area contributed by atoms with Crippen LogP contribution in [0.25, 0.3) is 0 Å². The van der Waals surface area contributed by atoms with Crippen LogP contribution in [0.1, 0.15) is 46.4 Å². The van der Waals surface area contributed by atoms with E-state index in [9.17, 15) is 9.59 Å². The molecule has 1 saturated heterocycles. The van der Waals surface area contributed by atoms with Gasteiger partial charge in [-0.15, -0.1) is 0 Å². The van der Waals surface area contributed by atoms with E-state index >= 15 is 0 Å². The smallest absolute Gasteiger partial charge is 0.258 e. The van der Waals surface area contributed by atoms with E-state index in [-0.39, 0.29) is 17.9 Å². The molecule has 2 amide bonds. The van der Waals surface area contributed by atoms with Crippen LogP contribution in [0, 0.1) is 19.8 Å². The highest BCUT2D eigenvalue weighted by Gasteiger charge is 2.36. The molecule has 2 aliphatic heterocycles.